The Hall–Kier alpha value is -1.78. The van der Waals surface area contributed by atoms with Crippen LogP contribution in [0.3, 0.4) is 0 Å². The minimum Gasteiger partial charge on any atom is -0.275 e. The van der Waals surface area contributed by atoms with E-state index in [1.54, 1.807) is 26.2 Å². The SMILES string of the molecule is CCCCc1cc(-c2cnn(C)c2)c(C(F)(F)F)cc1C. The van der Waals surface area contributed by atoms with Gasteiger partial charge in [0.25, 0.3) is 0 Å². The molecular weight excluding hydrogens is 277 g/mol. The van der Waals surface area contributed by atoms with E-state index in [0.29, 0.717) is 11.1 Å². The van der Waals surface area contributed by atoms with Gasteiger partial charge in [0, 0.05) is 18.8 Å². The number of hydrogen-bond acceptors (Lipinski definition) is 1. The molecule has 5 heteroatoms. The van der Waals surface area contributed by atoms with Gasteiger partial charge < -0.3 is 0 Å². The van der Waals surface area contributed by atoms with E-state index in [0.717, 1.165) is 24.8 Å². The van der Waals surface area contributed by atoms with Crippen molar-refractivity contribution in [3.05, 3.63) is 41.2 Å². The standard InChI is InChI=1S/C16H19F3N2/c1-4-5-6-12-8-14(13-9-20-21(3)10-13)15(7-11(12)2)16(17,18)19/h7-10H,4-6H2,1-3H3. The topological polar surface area (TPSA) is 17.8 Å². The maximum Gasteiger partial charge on any atom is 0.417 e. The molecule has 0 aliphatic carbocycles. The van der Waals surface area contributed by atoms with Crippen LogP contribution in [0.5, 0.6) is 0 Å². The third-order valence-corrected chi connectivity index (χ3v) is 3.60. The molecule has 0 radical (unpaired) electrons. The van der Waals surface area contributed by atoms with Crippen molar-refractivity contribution in [3.63, 3.8) is 0 Å². The number of rotatable bonds is 4. The molecule has 0 N–H and O–H groups in total. The quantitative estimate of drug-likeness (QED) is 0.795. The van der Waals surface area contributed by atoms with Gasteiger partial charge in [-0.2, -0.15) is 18.3 Å². The van der Waals surface area contributed by atoms with Crippen molar-refractivity contribution in [1.82, 2.24) is 9.78 Å². The minimum absolute atomic E-state index is 0.215. The van der Waals surface area contributed by atoms with Crippen molar-refractivity contribution < 1.29 is 13.2 Å². The first-order valence-corrected chi connectivity index (χ1v) is 7.02. The van der Waals surface area contributed by atoms with Gasteiger partial charge in [-0.1, -0.05) is 19.4 Å². The summed E-state index contributed by atoms with van der Waals surface area (Å²) in [4.78, 5) is 0. The highest BCUT2D eigenvalue weighted by atomic mass is 19.4. The normalized spacial score (nSPS) is 11.9. The molecule has 0 fully saturated rings. The molecule has 0 spiro atoms. The van der Waals surface area contributed by atoms with Crippen LogP contribution in [0.15, 0.2) is 24.5 Å². The minimum atomic E-state index is -4.36. The summed E-state index contributed by atoms with van der Waals surface area (Å²) in [5, 5.41) is 3.98. The van der Waals surface area contributed by atoms with Gasteiger partial charge >= 0.3 is 6.18 Å². The third kappa shape index (κ3) is 3.46. The zero-order valence-electron chi connectivity index (χ0n) is 12.5. The van der Waals surface area contributed by atoms with Gasteiger partial charge in [0.05, 0.1) is 11.8 Å². The highest BCUT2D eigenvalue weighted by Crippen LogP contribution is 2.38. The summed E-state index contributed by atoms with van der Waals surface area (Å²) in [5.74, 6) is 0. The van der Waals surface area contributed by atoms with Crippen LogP contribution in [-0.2, 0) is 19.6 Å². The largest absolute Gasteiger partial charge is 0.417 e. The lowest BCUT2D eigenvalue weighted by Crippen LogP contribution is -2.09. The van der Waals surface area contributed by atoms with Gasteiger partial charge in [-0.25, -0.2) is 0 Å². The fourth-order valence-corrected chi connectivity index (χ4v) is 2.42. The van der Waals surface area contributed by atoms with E-state index in [1.807, 2.05) is 0 Å². The summed E-state index contributed by atoms with van der Waals surface area (Å²) >= 11 is 0. The molecule has 0 amide bonds. The Morgan fingerprint density at radius 2 is 1.95 bits per heavy atom. The Bertz CT molecular complexity index is 627. The second-order valence-electron chi connectivity index (χ2n) is 5.33. The summed E-state index contributed by atoms with van der Waals surface area (Å²) in [6, 6.07) is 2.93. The molecule has 114 valence electrons. The van der Waals surface area contributed by atoms with Crippen molar-refractivity contribution in [2.45, 2.75) is 39.3 Å². The predicted octanol–water partition coefficient (Wildman–Crippen LogP) is 4.76. The molecule has 0 aliphatic heterocycles. The van der Waals surface area contributed by atoms with E-state index >= 15 is 0 Å². The molecule has 0 saturated heterocycles. The van der Waals surface area contributed by atoms with Crippen LogP contribution in [0.25, 0.3) is 11.1 Å². The van der Waals surface area contributed by atoms with Gasteiger partial charge in [-0.05, 0) is 42.5 Å². The summed E-state index contributed by atoms with van der Waals surface area (Å²) < 4.78 is 41.3. The molecule has 1 aromatic heterocycles. The molecule has 0 atom stereocenters. The molecular formula is C16H19F3N2. The van der Waals surface area contributed by atoms with Crippen LogP contribution >= 0.6 is 0 Å². The molecule has 2 rings (SSSR count). The van der Waals surface area contributed by atoms with Crippen LogP contribution in [0, 0.1) is 6.92 Å². The van der Waals surface area contributed by atoms with Gasteiger partial charge in [-0.3, -0.25) is 4.68 Å². The van der Waals surface area contributed by atoms with Crippen molar-refractivity contribution in [3.8, 4) is 11.1 Å². The summed E-state index contributed by atoms with van der Waals surface area (Å²) in [7, 11) is 1.70. The Labute approximate surface area is 122 Å². The second kappa shape index (κ2) is 5.92. The first-order valence-electron chi connectivity index (χ1n) is 7.02. The lowest BCUT2D eigenvalue weighted by Gasteiger charge is -2.16. The van der Waals surface area contributed by atoms with Crippen LogP contribution < -0.4 is 0 Å². The predicted molar refractivity (Wildman–Crippen MR) is 77.0 cm³/mol. The fraction of sp³-hybridized carbons (Fsp3) is 0.438. The van der Waals surface area contributed by atoms with E-state index in [-0.39, 0.29) is 5.56 Å². The average molecular weight is 296 g/mol. The summed E-state index contributed by atoms with van der Waals surface area (Å²) in [6.07, 6.45) is 1.52. The highest BCUT2D eigenvalue weighted by Gasteiger charge is 2.34. The zero-order chi connectivity index (χ0) is 15.6. The molecule has 0 saturated carbocycles. The number of aryl methyl sites for hydroxylation is 3. The number of unbranched alkanes of at least 4 members (excludes halogenated alkanes) is 1. The second-order valence-corrected chi connectivity index (χ2v) is 5.33. The first-order chi connectivity index (χ1) is 9.82. The summed E-state index contributed by atoms with van der Waals surface area (Å²) in [6.45, 7) is 3.81. The van der Waals surface area contributed by atoms with Gasteiger partial charge in [0.2, 0.25) is 0 Å². The molecule has 0 aliphatic rings. The number of nitrogens with zero attached hydrogens (tertiary/aromatic N) is 2. The fourth-order valence-electron chi connectivity index (χ4n) is 2.42. The lowest BCUT2D eigenvalue weighted by atomic mass is 9.93. The Kier molecular flexibility index (Phi) is 4.40. The van der Waals surface area contributed by atoms with Crippen molar-refractivity contribution in [2.24, 2.45) is 7.05 Å². The highest BCUT2D eigenvalue weighted by molar-refractivity contribution is 5.68. The van der Waals surface area contributed by atoms with Crippen LogP contribution in [0.1, 0.15) is 36.5 Å². The molecule has 21 heavy (non-hydrogen) atoms. The van der Waals surface area contributed by atoms with E-state index in [2.05, 4.69) is 12.0 Å². The number of halogens is 3. The van der Waals surface area contributed by atoms with Crippen molar-refractivity contribution in [1.29, 1.82) is 0 Å². The van der Waals surface area contributed by atoms with Gasteiger partial charge in [-0.15, -0.1) is 0 Å². The maximum atomic E-state index is 13.3. The summed E-state index contributed by atoms with van der Waals surface area (Å²) in [5.41, 5.74) is 1.80. The third-order valence-electron chi connectivity index (χ3n) is 3.60. The smallest absolute Gasteiger partial charge is 0.275 e. The number of hydrogen-bond donors (Lipinski definition) is 0. The number of aromatic nitrogens is 2. The molecule has 0 bridgehead atoms. The number of benzene rings is 1. The van der Waals surface area contributed by atoms with Gasteiger partial charge in [0.1, 0.15) is 0 Å². The van der Waals surface area contributed by atoms with Crippen LogP contribution in [0.2, 0.25) is 0 Å². The lowest BCUT2D eigenvalue weighted by molar-refractivity contribution is -0.137. The van der Waals surface area contributed by atoms with E-state index in [9.17, 15) is 13.2 Å². The van der Waals surface area contributed by atoms with Crippen LogP contribution in [0.4, 0.5) is 13.2 Å². The van der Waals surface area contributed by atoms with E-state index in [4.69, 9.17) is 0 Å². The molecule has 1 aromatic carbocycles. The zero-order valence-corrected chi connectivity index (χ0v) is 12.5. The Morgan fingerprint density at radius 1 is 1.24 bits per heavy atom. The Balaban J connectivity index is 2.57. The average Bonchev–Trinajstić information content (AvgIpc) is 2.82. The molecule has 1 heterocycles. The number of alkyl halides is 3. The molecule has 2 nitrogen and oxygen atoms in total. The molecule has 2 aromatic rings. The van der Waals surface area contributed by atoms with Crippen LogP contribution in [-0.4, -0.2) is 9.78 Å². The Morgan fingerprint density at radius 3 is 2.48 bits per heavy atom. The van der Waals surface area contributed by atoms with E-state index in [1.165, 1.54) is 16.9 Å². The van der Waals surface area contributed by atoms with Crippen molar-refractivity contribution in [2.75, 3.05) is 0 Å². The monoisotopic (exact) mass is 296 g/mol. The van der Waals surface area contributed by atoms with Crippen molar-refractivity contribution >= 4 is 0 Å². The maximum absolute atomic E-state index is 13.3. The van der Waals surface area contributed by atoms with E-state index < -0.39 is 11.7 Å². The van der Waals surface area contributed by atoms with Gasteiger partial charge in [0.15, 0.2) is 0 Å². The molecule has 0 unspecified atom stereocenters. The first kappa shape index (κ1) is 15.6.